The maximum absolute atomic E-state index is 10.6. The van der Waals surface area contributed by atoms with Gasteiger partial charge in [0.1, 0.15) is 0 Å². The third kappa shape index (κ3) is 1.59. The smallest absolute Gasteiger partial charge is 0.270 e. The van der Waals surface area contributed by atoms with Gasteiger partial charge in [-0.2, -0.15) is 0 Å². The van der Waals surface area contributed by atoms with Crippen LogP contribution in [0.2, 0.25) is 0 Å². The number of ether oxygens (including phenoxy) is 1. The summed E-state index contributed by atoms with van der Waals surface area (Å²) in [5.74, 6) is 0.399. The molecule has 76 valence electrons. The summed E-state index contributed by atoms with van der Waals surface area (Å²) >= 11 is 0. The van der Waals surface area contributed by atoms with E-state index in [1.165, 1.54) is 19.2 Å². The summed E-state index contributed by atoms with van der Waals surface area (Å²) in [4.78, 5) is 14.1. The lowest BCUT2D eigenvalue weighted by atomic mass is 10.1. The molecule has 2 rings (SSSR count). The van der Waals surface area contributed by atoms with Crippen LogP contribution in [0.3, 0.4) is 0 Å². The number of nitro groups is 1. The fourth-order valence-electron chi connectivity index (χ4n) is 1.41. The van der Waals surface area contributed by atoms with Crippen molar-refractivity contribution in [3.63, 3.8) is 0 Å². The van der Waals surface area contributed by atoms with Gasteiger partial charge >= 0.3 is 0 Å². The third-order valence-corrected chi connectivity index (χ3v) is 2.12. The molecule has 15 heavy (non-hydrogen) atoms. The Morgan fingerprint density at radius 2 is 2.20 bits per heavy atom. The molecule has 0 saturated heterocycles. The molecule has 1 aromatic heterocycles. The molecular weight excluding hydrogens is 196 g/mol. The van der Waals surface area contributed by atoms with Gasteiger partial charge in [-0.05, 0) is 17.5 Å². The van der Waals surface area contributed by atoms with E-state index in [0.717, 1.165) is 5.39 Å². The van der Waals surface area contributed by atoms with Gasteiger partial charge in [-0.3, -0.25) is 10.1 Å². The number of nitro benzene ring substituents is 1. The van der Waals surface area contributed by atoms with Crippen LogP contribution in [0.1, 0.15) is 0 Å². The van der Waals surface area contributed by atoms with Crippen molar-refractivity contribution in [2.75, 3.05) is 7.11 Å². The molecule has 5 heteroatoms. The molecule has 0 amide bonds. The highest BCUT2D eigenvalue weighted by Gasteiger charge is 2.09. The van der Waals surface area contributed by atoms with E-state index in [9.17, 15) is 10.1 Å². The molecule has 0 bridgehead atoms. The van der Waals surface area contributed by atoms with Gasteiger partial charge in [-0.25, -0.2) is 4.98 Å². The van der Waals surface area contributed by atoms with Crippen molar-refractivity contribution < 1.29 is 9.66 Å². The average molecular weight is 204 g/mol. The molecule has 0 N–H and O–H groups in total. The topological polar surface area (TPSA) is 65.3 Å². The second-order valence-corrected chi connectivity index (χ2v) is 2.98. The first-order chi connectivity index (χ1) is 7.22. The zero-order valence-corrected chi connectivity index (χ0v) is 8.01. The summed E-state index contributed by atoms with van der Waals surface area (Å²) in [5, 5.41) is 12.1. The number of nitrogens with zero attached hydrogens (tertiary/aromatic N) is 2. The Balaban J connectivity index is 2.72. The van der Waals surface area contributed by atoms with Crippen molar-refractivity contribution in [2.45, 2.75) is 0 Å². The summed E-state index contributed by atoms with van der Waals surface area (Å²) < 4.78 is 5.03. The number of rotatable bonds is 2. The Bertz CT molecular complexity index is 525. The normalized spacial score (nSPS) is 10.2. The Labute approximate surface area is 85.5 Å². The third-order valence-electron chi connectivity index (χ3n) is 2.12. The second kappa shape index (κ2) is 3.53. The molecule has 2 aromatic rings. The van der Waals surface area contributed by atoms with Crippen LogP contribution >= 0.6 is 0 Å². The average Bonchev–Trinajstić information content (AvgIpc) is 2.27. The van der Waals surface area contributed by atoms with E-state index < -0.39 is 4.92 Å². The van der Waals surface area contributed by atoms with Crippen LogP contribution in [0, 0.1) is 10.1 Å². The van der Waals surface area contributed by atoms with Crippen molar-refractivity contribution in [1.82, 2.24) is 4.98 Å². The largest absolute Gasteiger partial charge is 0.481 e. The van der Waals surface area contributed by atoms with E-state index in [0.29, 0.717) is 11.3 Å². The van der Waals surface area contributed by atoms with Gasteiger partial charge in [0.15, 0.2) is 0 Å². The number of methoxy groups -OCH3 is 1. The van der Waals surface area contributed by atoms with Gasteiger partial charge in [0.25, 0.3) is 5.69 Å². The van der Waals surface area contributed by atoms with Crippen molar-refractivity contribution in [3.8, 4) is 5.88 Å². The lowest BCUT2D eigenvalue weighted by Crippen LogP contribution is -1.91. The first-order valence-corrected chi connectivity index (χ1v) is 4.29. The number of benzene rings is 1. The predicted octanol–water partition coefficient (Wildman–Crippen LogP) is 2.15. The first-order valence-electron chi connectivity index (χ1n) is 4.29. The van der Waals surface area contributed by atoms with Crippen LogP contribution < -0.4 is 4.74 Å². The Morgan fingerprint density at radius 3 is 2.87 bits per heavy atom. The van der Waals surface area contributed by atoms with Gasteiger partial charge in [-0.15, -0.1) is 0 Å². The van der Waals surface area contributed by atoms with E-state index in [-0.39, 0.29) is 5.69 Å². The molecular formula is C10H8N2O3. The molecule has 0 radical (unpaired) electrons. The number of aromatic nitrogens is 1. The zero-order valence-electron chi connectivity index (χ0n) is 8.01. The van der Waals surface area contributed by atoms with E-state index in [4.69, 9.17) is 4.74 Å². The van der Waals surface area contributed by atoms with E-state index in [1.54, 1.807) is 18.3 Å². The molecule has 0 atom stereocenters. The quantitative estimate of drug-likeness (QED) is 0.555. The van der Waals surface area contributed by atoms with Gasteiger partial charge in [0.2, 0.25) is 5.88 Å². The molecule has 0 aliphatic carbocycles. The number of hydrogen-bond acceptors (Lipinski definition) is 4. The number of non-ortho nitro benzene ring substituents is 1. The van der Waals surface area contributed by atoms with Gasteiger partial charge in [-0.1, -0.05) is 0 Å². The minimum absolute atomic E-state index is 0.0359. The molecule has 0 unspecified atom stereocenters. The summed E-state index contributed by atoms with van der Waals surface area (Å²) in [6, 6.07) is 6.38. The standard InChI is InChI=1S/C10H8N2O3/c1-15-10-9-6-8(12(13)14)3-2-7(9)4-5-11-10/h2-6H,1H3. The molecule has 0 aliphatic heterocycles. The second-order valence-electron chi connectivity index (χ2n) is 2.98. The highest BCUT2D eigenvalue weighted by atomic mass is 16.6. The fraction of sp³-hybridized carbons (Fsp3) is 0.100. The SMILES string of the molecule is COc1nccc2ccc([N+](=O)[O-])cc12. The molecule has 1 aromatic carbocycles. The first kappa shape index (κ1) is 9.39. The van der Waals surface area contributed by atoms with Gasteiger partial charge in [0.05, 0.1) is 17.4 Å². The van der Waals surface area contributed by atoms with Gasteiger partial charge in [0, 0.05) is 18.3 Å². The van der Waals surface area contributed by atoms with Crippen LogP contribution in [-0.4, -0.2) is 17.0 Å². The minimum atomic E-state index is -0.439. The lowest BCUT2D eigenvalue weighted by Gasteiger charge is -2.02. The Morgan fingerprint density at radius 1 is 1.40 bits per heavy atom. The molecule has 0 saturated carbocycles. The molecule has 0 spiro atoms. The highest BCUT2D eigenvalue weighted by Crippen LogP contribution is 2.26. The van der Waals surface area contributed by atoms with Crippen molar-refractivity contribution >= 4 is 16.5 Å². The van der Waals surface area contributed by atoms with E-state index in [2.05, 4.69) is 4.98 Å². The van der Waals surface area contributed by atoms with Gasteiger partial charge < -0.3 is 4.74 Å². The molecule has 5 nitrogen and oxygen atoms in total. The summed E-state index contributed by atoms with van der Waals surface area (Å²) in [5.41, 5.74) is 0.0359. The minimum Gasteiger partial charge on any atom is -0.481 e. The van der Waals surface area contributed by atoms with Crippen molar-refractivity contribution in [2.24, 2.45) is 0 Å². The van der Waals surface area contributed by atoms with Crippen LogP contribution in [0.4, 0.5) is 5.69 Å². The highest BCUT2D eigenvalue weighted by molar-refractivity contribution is 5.88. The lowest BCUT2D eigenvalue weighted by molar-refractivity contribution is -0.384. The number of fused-ring (bicyclic) bond motifs is 1. The van der Waals surface area contributed by atoms with E-state index >= 15 is 0 Å². The molecule has 1 heterocycles. The summed E-state index contributed by atoms with van der Waals surface area (Å²) in [6.45, 7) is 0. The van der Waals surface area contributed by atoms with Crippen LogP contribution in [0.5, 0.6) is 5.88 Å². The maximum atomic E-state index is 10.6. The summed E-state index contributed by atoms with van der Waals surface area (Å²) in [7, 11) is 1.49. The van der Waals surface area contributed by atoms with Crippen LogP contribution in [0.25, 0.3) is 10.8 Å². The van der Waals surface area contributed by atoms with E-state index in [1.807, 2.05) is 0 Å². The van der Waals surface area contributed by atoms with Crippen LogP contribution in [0.15, 0.2) is 30.5 Å². The zero-order chi connectivity index (χ0) is 10.8. The van der Waals surface area contributed by atoms with Crippen molar-refractivity contribution in [3.05, 3.63) is 40.6 Å². The van der Waals surface area contributed by atoms with Crippen molar-refractivity contribution in [1.29, 1.82) is 0 Å². The van der Waals surface area contributed by atoms with Crippen LogP contribution in [-0.2, 0) is 0 Å². The molecule has 0 fully saturated rings. The fourth-order valence-corrected chi connectivity index (χ4v) is 1.41. The monoisotopic (exact) mass is 204 g/mol. The maximum Gasteiger partial charge on any atom is 0.270 e. The predicted molar refractivity (Wildman–Crippen MR) is 54.9 cm³/mol. The number of pyridine rings is 1. The Kier molecular flexibility index (Phi) is 2.21. The number of hydrogen-bond donors (Lipinski definition) is 0. The molecule has 0 aliphatic rings. The summed E-state index contributed by atoms with van der Waals surface area (Å²) in [6.07, 6.45) is 1.60. The Hall–Kier alpha value is -2.17.